The van der Waals surface area contributed by atoms with E-state index in [9.17, 15) is 4.79 Å². The Labute approximate surface area is 98.6 Å². The Morgan fingerprint density at radius 2 is 2.12 bits per heavy atom. The van der Waals surface area contributed by atoms with Crippen LogP contribution in [0.15, 0.2) is 0 Å². The molecule has 16 heavy (non-hydrogen) atoms. The van der Waals surface area contributed by atoms with Gasteiger partial charge in [-0.15, -0.1) is 0 Å². The third-order valence-electron chi connectivity index (χ3n) is 3.49. The maximum atomic E-state index is 12.2. The molecule has 3 nitrogen and oxygen atoms in total. The van der Waals surface area contributed by atoms with E-state index in [1.165, 1.54) is 12.8 Å². The molecule has 0 bridgehead atoms. The molecule has 1 heterocycles. The predicted octanol–water partition coefficient (Wildman–Crippen LogP) is 2.12. The monoisotopic (exact) mass is 224 g/mol. The van der Waals surface area contributed by atoms with Gasteiger partial charge >= 0.3 is 0 Å². The zero-order valence-electron chi connectivity index (χ0n) is 10.7. The average molecular weight is 224 g/mol. The summed E-state index contributed by atoms with van der Waals surface area (Å²) in [6, 6.07) is 0.639. The fraction of sp³-hybridized carbons (Fsp3) is 0.923. The SMILES string of the molecule is CCCC1NC(CC(C)C)N(C2CC2)C1=O. The van der Waals surface area contributed by atoms with E-state index in [0.717, 1.165) is 19.3 Å². The standard InChI is InChI=1S/C13H24N2O/c1-4-5-11-13(16)15(10-6-7-10)12(14-11)8-9(2)3/h9-12,14H,4-8H2,1-3H3. The highest BCUT2D eigenvalue weighted by molar-refractivity contribution is 5.84. The molecule has 1 saturated carbocycles. The van der Waals surface area contributed by atoms with E-state index >= 15 is 0 Å². The highest BCUT2D eigenvalue weighted by Gasteiger charge is 2.45. The molecule has 92 valence electrons. The quantitative estimate of drug-likeness (QED) is 0.776. The van der Waals surface area contributed by atoms with Crippen LogP contribution >= 0.6 is 0 Å². The van der Waals surface area contributed by atoms with Crippen LogP contribution in [0.25, 0.3) is 0 Å². The maximum Gasteiger partial charge on any atom is 0.241 e. The molecule has 0 aromatic carbocycles. The van der Waals surface area contributed by atoms with Crippen molar-refractivity contribution in [3.63, 3.8) is 0 Å². The first-order valence-electron chi connectivity index (χ1n) is 6.71. The van der Waals surface area contributed by atoms with E-state index in [1.54, 1.807) is 0 Å². The molecule has 0 radical (unpaired) electrons. The molecule has 0 aromatic rings. The van der Waals surface area contributed by atoms with Crippen LogP contribution in [0.3, 0.4) is 0 Å². The molecule has 2 atom stereocenters. The number of nitrogens with zero attached hydrogens (tertiary/aromatic N) is 1. The molecule has 3 heteroatoms. The van der Waals surface area contributed by atoms with Crippen molar-refractivity contribution in [2.45, 2.75) is 71.1 Å². The lowest BCUT2D eigenvalue weighted by atomic mass is 10.1. The van der Waals surface area contributed by atoms with E-state index in [2.05, 4.69) is 31.0 Å². The molecule has 2 unspecified atom stereocenters. The van der Waals surface area contributed by atoms with Crippen molar-refractivity contribution in [3.8, 4) is 0 Å². The third-order valence-corrected chi connectivity index (χ3v) is 3.49. The van der Waals surface area contributed by atoms with E-state index in [-0.39, 0.29) is 6.04 Å². The predicted molar refractivity (Wildman–Crippen MR) is 64.9 cm³/mol. The van der Waals surface area contributed by atoms with Gasteiger partial charge < -0.3 is 4.90 Å². The number of nitrogens with one attached hydrogen (secondary N) is 1. The number of carbonyl (C=O) groups excluding carboxylic acids is 1. The normalized spacial score (nSPS) is 30.5. The number of carbonyl (C=O) groups is 1. The summed E-state index contributed by atoms with van der Waals surface area (Å²) in [6.45, 7) is 6.60. The molecule has 1 saturated heterocycles. The van der Waals surface area contributed by atoms with E-state index in [1.807, 2.05) is 0 Å². The van der Waals surface area contributed by atoms with Crippen molar-refractivity contribution in [2.24, 2.45) is 5.92 Å². The molecule has 1 aliphatic heterocycles. The van der Waals surface area contributed by atoms with E-state index < -0.39 is 0 Å². The van der Waals surface area contributed by atoms with Crippen LogP contribution in [0.1, 0.15) is 52.9 Å². The van der Waals surface area contributed by atoms with Crippen LogP contribution in [0.4, 0.5) is 0 Å². The van der Waals surface area contributed by atoms with Gasteiger partial charge in [0.1, 0.15) is 0 Å². The van der Waals surface area contributed by atoms with Gasteiger partial charge in [0.25, 0.3) is 0 Å². The topological polar surface area (TPSA) is 32.3 Å². The summed E-state index contributed by atoms with van der Waals surface area (Å²) in [5, 5.41) is 3.52. The van der Waals surface area contributed by atoms with Crippen LogP contribution in [0.2, 0.25) is 0 Å². The summed E-state index contributed by atoms with van der Waals surface area (Å²) in [5.41, 5.74) is 0. The fourth-order valence-electron chi connectivity index (χ4n) is 2.63. The summed E-state index contributed by atoms with van der Waals surface area (Å²) in [5.74, 6) is 1.00. The molecule has 1 amide bonds. The van der Waals surface area contributed by atoms with Crippen LogP contribution in [0, 0.1) is 5.92 Å². The van der Waals surface area contributed by atoms with Crippen molar-refractivity contribution in [3.05, 3.63) is 0 Å². The van der Waals surface area contributed by atoms with Crippen molar-refractivity contribution in [2.75, 3.05) is 0 Å². The van der Waals surface area contributed by atoms with Gasteiger partial charge in [-0.2, -0.15) is 0 Å². The zero-order chi connectivity index (χ0) is 11.7. The summed E-state index contributed by atoms with van der Waals surface area (Å²) < 4.78 is 0. The smallest absolute Gasteiger partial charge is 0.241 e. The fourth-order valence-corrected chi connectivity index (χ4v) is 2.63. The summed E-state index contributed by atoms with van der Waals surface area (Å²) in [4.78, 5) is 14.4. The lowest BCUT2D eigenvalue weighted by molar-refractivity contribution is -0.130. The Hall–Kier alpha value is -0.570. The van der Waals surface area contributed by atoms with Crippen LogP contribution < -0.4 is 5.32 Å². The number of amides is 1. The molecule has 2 rings (SSSR count). The summed E-state index contributed by atoms with van der Waals surface area (Å²) in [7, 11) is 0. The van der Waals surface area contributed by atoms with Gasteiger partial charge in [-0.3, -0.25) is 10.1 Å². The zero-order valence-corrected chi connectivity index (χ0v) is 10.7. The first-order chi connectivity index (χ1) is 7.63. The lowest BCUT2D eigenvalue weighted by Gasteiger charge is -2.25. The Balaban J connectivity index is 2.02. The van der Waals surface area contributed by atoms with E-state index in [0.29, 0.717) is 24.0 Å². The highest BCUT2D eigenvalue weighted by atomic mass is 16.2. The average Bonchev–Trinajstić information content (AvgIpc) is 2.96. The second-order valence-electron chi connectivity index (χ2n) is 5.63. The van der Waals surface area contributed by atoms with Crippen molar-refractivity contribution < 1.29 is 4.79 Å². The Kier molecular flexibility index (Phi) is 3.53. The molecule has 0 spiro atoms. The Bertz CT molecular complexity index is 261. The number of rotatable bonds is 5. The molecular formula is C13H24N2O. The Morgan fingerprint density at radius 1 is 1.44 bits per heavy atom. The molecule has 1 aliphatic carbocycles. The maximum absolute atomic E-state index is 12.2. The van der Waals surface area contributed by atoms with Gasteiger partial charge in [-0.05, 0) is 31.6 Å². The van der Waals surface area contributed by atoms with Crippen LogP contribution in [-0.2, 0) is 4.79 Å². The number of hydrogen-bond acceptors (Lipinski definition) is 2. The molecule has 1 N–H and O–H groups in total. The van der Waals surface area contributed by atoms with Crippen molar-refractivity contribution >= 4 is 5.91 Å². The van der Waals surface area contributed by atoms with Gasteiger partial charge in [0, 0.05) is 6.04 Å². The van der Waals surface area contributed by atoms with Gasteiger partial charge in [0.2, 0.25) is 5.91 Å². The number of hydrogen-bond donors (Lipinski definition) is 1. The largest absolute Gasteiger partial charge is 0.323 e. The minimum Gasteiger partial charge on any atom is -0.323 e. The summed E-state index contributed by atoms with van der Waals surface area (Å²) in [6.07, 6.45) is 5.87. The second kappa shape index (κ2) is 4.74. The molecule has 2 aliphatic rings. The van der Waals surface area contributed by atoms with Gasteiger partial charge in [0.15, 0.2) is 0 Å². The first-order valence-corrected chi connectivity index (χ1v) is 6.71. The van der Waals surface area contributed by atoms with Gasteiger partial charge in [0.05, 0.1) is 12.2 Å². The first kappa shape index (κ1) is 11.9. The van der Waals surface area contributed by atoms with Crippen molar-refractivity contribution in [1.82, 2.24) is 10.2 Å². The minimum atomic E-state index is 0.0920. The van der Waals surface area contributed by atoms with Gasteiger partial charge in [-0.1, -0.05) is 27.2 Å². The molecular weight excluding hydrogens is 200 g/mol. The van der Waals surface area contributed by atoms with Crippen LogP contribution in [0.5, 0.6) is 0 Å². The van der Waals surface area contributed by atoms with Gasteiger partial charge in [-0.25, -0.2) is 0 Å². The summed E-state index contributed by atoms with van der Waals surface area (Å²) >= 11 is 0. The highest BCUT2D eigenvalue weighted by Crippen LogP contribution is 2.33. The second-order valence-corrected chi connectivity index (χ2v) is 5.63. The Morgan fingerprint density at radius 3 is 2.62 bits per heavy atom. The van der Waals surface area contributed by atoms with E-state index in [4.69, 9.17) is 0 Å². The lowest BCUT2D eigenvalue weighted by Crippen LogP contribution is -2.39. The third kappa shape index (κ3) is 2.40. The molecule has 2 fully saturated rings. The van der Waals surface area contributed by atoms with Crippen LogP contribution in [-0.4, -0.2) is 29.1 Å². The molecule has 0 aromatic heterocycles. The van der Waals surface area contributed by atoms with Crippen molar-refractivity contribution in [1.29, 1.82) is 0 Å². The minimum absolute atomic E-state index is 0.0920.